The summed E-state index contributed by atoms with van der Waals surface area (Å²) in [5, 5.41) is 11.4. The summed E-state index contributed by atoms with van der Waals surface area (Å²) in [6, 6.07) is 0. The highest BCUT2D eigenvalue weighted by Gasteiger charge is 1.91. The molecule has 0 saturated carbocycles. The van der Waals surface area contributed by atoms with Crippen molar-refractivity contribution in [2.45, 2.75) is 0 Å². The minimum absolute atomic E-state index is 0.0522. The van der Waals surface area contributed by atoms with Gasteiger partial charge in [-0.2, -0.15) is 0 Å². The quantitative estimate of drug-likeness (QED) is 0.397. The first-order valence-corrected chi connectivity index (χ1v) is 5.98. The first-order chi connectivity index (χ1) is 8.41. The van der Waals surface area contributed by atoms with Gasteiger partial charge in [-0.25, -0.2) is 0 Å². The molecule has 6 nitrogen and oxygen atoms in total. The molecule has 0 bridgehead atoms. The van der Waals surface area contributed by atoms with E-state index in [0.29, 0.717) is 52.9 Å². The van der Waals surface area contributed by atoms with E-state index in [1.54, 1.807) is 0 Å². The summed E-state index contributed by atoms with van der Waals surface area (Å²) in [6.07, 6.45) is 0. The third-order valence-corrected chi connectivity index (χ3v) is 1.85. The molecule has 0 aliphatic carbocycles. The van der Waals surface area contributed by atoms with Crippen molar-refractivity contribution < 1.29 is 24.1 Å². The summed E-state index contributed by atoms with van der Waals surface area (Å²) in [5.74, 6) is 0. The van der Waals surface area contributed by atoms with Gasteiger partial charge in [0.1, 0.15) is 0 Å². The van der Waals surface area contributed by atoms with Crippen molar-refractivity contribution in [3.63, 3.8) is 0 Å². The molecule has 0 heterocycles. The number of aliphatic hydroxyl groups is 1. The Labute approximate surface area is 103 Å². The number of rotatable bonds is 14. The van der Waals surface area contributed by atoms with Gasteiger partial charge in [-0.15, -0.1) is 0 Å². The number of aliphatic hydroxyl groups excluding tert-OH is 1. The fourth-order valence-corrected chi connectivity index (χ4v) is 1.00. The van der Waals surface area contributed by atoms with E-state index in [1.807, 2.05) is 7.05 Å². The van der Waals surface area contributed by atoms with Crippen LogP contribution < -0.4 is 5.32 Å². The second-order valence-electron chi connectivity index (χ2n) is 3.28. The van der Waals surface area contributed by atoms with Gasteiger partial charge < -0.3 is 29.4 Å². The topological polar surface area (TPSA) is 69.2 Å². The van der Waals surface area contributed by atoms with E-state index < -0.39 is 0 Å². The maximum Gasteiger partial charge on any atom is 0.0701 e. The second kappa shape index (κ2) is 15.8. The van der Waals surface area contributed by atoms with Gasteiger partial charge in [-0.1, -0.05) is 0 Å². The van der Waals surface area contributed by atoms with Crippen molar-refractivity contribution in [2.24, 2.45) is 0 Å². The van der Waals surface area contributed by atoms with Crippen LogP contribution in [0.25, 0.3) is 0 Å². The maximum absolute atomic E-state index is 8.44. The zero-order chi connectivity index (χ0) is 12.6. The predicted molar refractivity (Wildman–Crippen MR) is 64.3 cm³/mol. The number of nitrogens with one attached hydrogen (secondary N) is 1. The van der Waals surface area contributed by atoms with Crippen LogP contribution in [-0.2, 0) is 18.9 Å². The smallest absolute Gasteiger partial charge is 0.0701 e. The van der Waals surface area contributed by atoms with E-state index in [9.17, 15) is 0 Å². The highest BCUT2D eigenvalue weighted by molar-refractivity contribution is 4.37. The van der Waals surface area contributed by atoms with Crippen molar-refractivity contribution in [2.75, 3.05) is 73.1 Å². The summed E-state index contributed by atoms with van der Waals surface area (Å²) in [5.41, 5.74) is 0. The highest BCUT2D eigenvalue weighted by atomic mass is 16.6. The molecule has 0 aliphatic rings. The Morgan fingerprint density at radius 3 is 1.53 bits per heavy atom. The standard InChI is InChI=1S/C11H25NO5/c1-12-2-4-14-6-8-16-10-11-17-9-7-15-5-3-13/h12-13H,2-11H2,1H3. The Kier molecular flexibility index (Phi) is 15.5. The number of likely N-dealkylation sites (N-methyl/N-ethyl adjacent to an activating group) is 1. The van der Waals surface area contributed by atoms with E-state index in [0.717, 1.165) is 6.54 Å². The van der Waals surface area contributed by atoms with Crippen molar-refractivity contribution in [3.8, 4) is 0 Å². The molecule has 0 atom stereocenters. The molecular formula is C11H25NO5. The first kappa shape index (κ1) is 16.8. The predicted octanol–water partition coefficient (Wildman–Crippen LogP) is -0.735. The van der Waals surface area contributed by atoms with Gasteiger partial charge in [0.2, 0.25) is 0 Å². The van der Waals surface area contributed by atoms with E-state index in [4.69, 9.17) is 24.1 Å². The molecule has 17 heavy (non-hydrogen) atoms. The van der Waals surface area contributed by atoms with E-state index in [-0.39, 0.29) is 6.61 Å². The zero-order valence-electron chi connectivity index (χ0n) is 10.7. The fraction of sp³-hybridized carbons (Fsp3) is 1.00. The largest absolute Gasteiger partial charge is 0.394 e. The average molecular weight is 251 g/mol. The second-order valence-corrected chi connectivity index (χ2v) is 3.28. The van der Waals surface area contributed by atoms with Crippen LogP contribution in [0.2, 0.25) is 0 Å². The number of hydrogen-bond donors (Lipinski definition) is 2. The molecule has 0 aromatic carbocycles. The molecule has 0 aromatic rings. The lowest BCUT2D eigenvalue weighted by Crippen LogP contribution is -2.17. The summed E-state index contributed by atoms with van der Waals surface area (Å²) in [7, 11) is 1.89. The summed E-state index contributed by atoms with van der Waals surface area (Å²) in [4.78, 5) is 0. The van der Waals surface area contributed by atoms with Crippen molar-refractivity contribution >= 4 is 0 Å². The van der Waals surface area contributed by atoms with Gasteiger partial charge in [0, 0.05) is 6.54 Å². The minimum Gasteiger partial charge on any atom is -0.394 e. The lowest BCUT2D eigenvalue weighted by Gasteiger charge is -2.06. The lowest BCUT2D eigenvalue weighted by molar-refractivity contribution is -0.00511. The van der Waals surface area contributed by atoms with Gasteiger partial charge in [0.05, 0.1) is 59.5 Å². The molecule has 0 amide bonds. The molecule has 0 rings (SSSR count). The summed E-state index contributed by atoms with van der Waals surface area (Å²) >= 11 is 0. The SMILES string of the molecule is CNCCOCCOCCOCCOCCO. The van der Waals surface area contributed by atoms with Gasteiger partial charge in [-0.05, 0) is 7.05 Å². The van der Waals surface area contributed by atoms with Crippen LogP contribution in [0.5, 0.6) is 0 Å². The van der Waals surface area contributed by atoms with Crippen molar-refractivity contribution in [1.82, 2.24) is 5.32 Å². The maximum atomic E-state index is 8.44. The first-order valence-electron chi connectivity index (χ1n) is 5.98. The molecular weight excluding hydrogens is 226 g/mol. The van der Waals surface area contributed by atoms with Crippen LogP contribution in [-0.4, -0.2) is 78.2 Å². The molecule has 0 saturated heterocycles. The Hall–Kier alpha value is -0.240. The van der Waals surface area contributed by atoms with Gasteiger partial charge >= 0.3 is 0 Å². The highest BCUT2D eigenvalue weighted by Crippen LogP contribution is 1.82. The Balaban J connectivity index is 2.85. The van der Waals surface area contributed by atoms with E-state index >= 15 is 0 Å². The lowest BCUT2D eigenvalue weighted by atomic mass is 10.6. The summed E-state index contributed by atoms with van der Waals surface area (Å²) in [6.45, 7) is 5.34. The fourth-order valence-electron chi connectivity index (χ4n) is 1.00. The van der Waals surface area contributed by atoms with Crippen LogP contribution in [0, 0.1) is 0 Å². The molecule has 0 unspecified atom stereocenters. The van der Waals surface area contributed by atoms with Gasteiger partial charge in [0.25, 0.3) is 0 Å². The molecule has 0 spiro atoms. The van der Waals surface area contributed by atoms with Crippen LogP contribution in [0.1, 0.15) is 0 Å². The molecule has 6 heteroatoms. The Morgan fingerprint density at radius 2 is 1.12 bits per heavy atom. The number of hydrogen-bond acceptors (Lipinski definition) is 6. The molecule has 0 aromatic heterocycles. The van der Waals surface area contributed by atoms with E-state index in [2.05, 4.69) is 5.32 Å². The monoisotopic (exact) mass is 251 g/mol. The Bertz CT molecular complexity index is 123. The molecule has 104 valence electrons. The molecule has 0 aliphatic heterocycles. The third kappa shape index (κ3) is 15.8. The molecule has 0 fully saturated rings. The van der Waals surface area contributed by atoms with Gasteiger partial charge in [0.15, 0.2) is 0 Å². The normalized spacial score (nSPS) is 10.9. The Morgan fingerprint density at radius 1 is 0.706 bits per heavy atom. The van der Waals surface area contributed by atoms with Crippen molar-refractivity contribution in [1.29, 1.82) is 0 Å². The van der Waals surface area contributed by atoms with Crippen LogP contribution >= 0.6 is 0 Å². The number of ether oxygens (including phenoxy) is 4. The minimum atomic E-state index is 0.0522. The third-order valence-electron chi connectivity index (χ3n) is 1.85. The zero-order valence-corrected chi connectivity index (χ0v) is 10.7. The van der Waals surface area contributed by atoms with Gasteiger partial charge in [-0.3, -0.25) is 0 Å². The van der Waals surface area contributed by atoms with E-state index in [1.165, 1.54) is 0 Å². The van der Waals surface area contributed by atoms with Crippen LogP contribution in [0.4, 0.5) is 0 Å². The van der Waals surface area contributed by atoms with Crippen LogP contribution in [0.15, 0.2) is 0 Å². The van der Waals surface area contributed by atoms with Crippen LogP contribution in [0.3, 0.4) is 0 Å². The van der Waals surface area contributed by atoms with Crippen molar-refractivity contribution in [3.05, 3.63) is 0 Å². The summed E-state index contributed by atoms with van der Waals surface area (Å²) < 4.78 is 20.8. The molecule has 2 N–H and O–H groups in total. The average Bonchev–Trinajstić information content (AvgIpc) is 2.35. The molecule has 0 radical (unpaired) electrons.